The molecular weight excluding hydrogens is 237 g/mol. The lowest BCUT2D eigenvalue weighted by molar-refractivity contribution is -0.143. The van der Waals surface area contributed by atoms with E-state index in [0.717, 1.165) is 25.4 Å². The zero-order valence-electron chi connectivity index (χ0n) is 10.9. The van der Waals surface area contributed by atoms with Crippen molar-refractivity contribution < 1.29 is 14.1 Å². The van der Waals surface area contributed by atoms with Crippen molar-refractivity contribution in [2.45, 2.75) is 45.6 Å². The number of hydrogen-bond acceptors (Lipinski definition) is 4. The molecular formula is C12H22NO3P. The van der Waals surface area contributed by atoms with Crippen molar-refractivity contribution in [3.8, 4) is 6.07 Å². The van der Waals surface area contributed by atoms with E-state index in [1.165, 1.54) is 6.92 Å². The van der Waals surface area contributed by atoms with Crippen LogP contribution in [-0.4, -0.2) is 31.1 Å². The number of nitriles is 1. The second-order valence-electron chi connectivity index (χ2n) is 4.47. The van der Waals surface area contributed by atoms with Crippen molar-refractivity contribution in [2.24, 2.45) is 0 Å². The van der Waals surface area contributed by atoms with Crippen LogP contribution in [0.5, 0.6) is 0 Å². The van der Waals surface area contributed by atoms with Gasteiger partial charge in [0, 0.05) is 25.7 Å². The van der Waals surface area contributed by atoms with E-state index in [2.05, 4.69) is 6.92 Å². The second-order valence-corrected chi connectivity index (χ2v) is 7.96. The summed E-state index contributed by atoms with van der Waals surface area (Å²) in [6.07, 6.45) is 3.97. The summed E-state index contributed by atoms with van der Waals surface area (Å²) in [6, 6.07) is 1.91. The van der Waals surface area contributed by atoms with E-state index in [0.29, 0.717) is 12.6 Å². The molecule has 4 nitrogen and oxygen atoms in total. The first-order valence-electron chi connectivity index (χ1n) is 6.03. The first kappa shape index (κ1) is 16.2. The molecule has 0 spiro atoms. The lowest BCUT2D eigenvalue weighted by Gasteiger charge is -2.15. The highest BCUT2D eigenvalue weighted by Crippen LogP contribution is 2.43. The molecule has 0 bridgehead atoms. The standard InChI is InChI=1S/C12H22NO3P/c1-4-5-6-8-17(3,15)9-7-12(10-13)16-11(2)14/h12H,4-9H2,1-3H3. The lowest BCUT2D eigenvalue weighted by atomic mass is 10.3. The van der Waals surface area contributed by atoms with Gasteiger partial charge in [-0.25, -0.2) is 0 Å². The summed E-state index contributed by atoms with van der Waals surface area (Å²) >= 11 is 0. The van der Waals surface area contributed by atoms with Crippen LogP contribution in [0.4, 0.5) is 0 Å². The topological polar surface area (TPSA) is 67.2 Å². The molecule has 0 fully saturated rings. The number of rotatable bonds is 8. The van der Waals surface area contributed by atoms with E-state index in [-0.39, 0.29) is 0 Å². The van der Waals surface area contributed by atoms with Gasteiger partial charge in [0.2, 0.25) is 0 Å². The van der Waals surface area contributed by atoms with Crippen LogP contribution in [-0.2, 0) is 14.1 Å². The van der Waals surface area contributed by atoms with E-state index in [1.54, 1.807) is 6.66 Å². The maximum absolute atomic E-state index is 12.1. The highest BCUT2D eigenvalue weighted by molar-refractivity contribution is 7.63. The number of nitrogens with zero attached hydrogens (tertiary/aromatic N) is 1. The molecule has 0 aromatic carbocycles. The van der Waals surface area contributed by atoms with Crippen molar-refractivity contribution in [2.75, 3.05) is 19.0 Å². The van der Waals surface area contributed by atoms with Gasteiger partial charge in [-0.3, -0.25) is 4.79 Å². The van der Waals surface area contributed by atoms with Gasteiger partial charge in [0.05, 0.1) is 7.14 Å². The molecule has 0 N–H and O–H groups in total. The van der Waals surface area contributed by atoms with Crippen LogP contribution in [0, 0.1) is 11.3 Å². The molecule has 0 amide bonds. The van der Waals surface area contributed by atoms with Crippen molar-refractivity contribution >= 4 is 13.1 Å². The van der Waals surface area contributed by atoms with Crippen LogP contribution < -0.4 is 0 Å². The van der Waals surface area contributed by atoms with Crippen LogP contribution in [0.25, 0.3) is 0 Å². The molecule has 98 valence electrons. The van der Waals surface area contributed by atoms with Gasteiger partial charge >= 0.3 is 5.97 Å². The molecule has 2 unspecified atom stereocenters. The summed E-state index contributed by atoms with van der Waals surface area (Å²) in [4.78, 5) is 10.7. The molecule has 0 saturated heterocycles. The fraction of sp³-hybridized carbons (Fsp3) is 0.833. The molecule has 0 radical (unpaired) electrons. The average molecular weight is 259 g/mol. The molecule has 0 aliphatic rings. The smallest absolute Gasteiger partial charge is 0.303 e. The number of unbranched alkanes of at least 4 members (excludes halogenated alkanes) is 2. The molecule has 0 aliphatic carbocycles. The number of ether oxygens (including phenoxy) is 1. The minimum atomic E-state index is -2.18. The summed E-state index contributed by atoms with van der Waals surface area (Å²) < 4.78 is 16.9. The summed E-state index contributed by atoms with van der Waals surface area (Å²) in [5.74, 6) is -0.464. The third-order valence-corrected chi connectivity index (χ3v) is 5.02. The maximum atomic E-state index is 12.1. The third-order valence-electron chi connectivity index (χ3n) is 2.55. The largest absolute Gasteiger partial charge is 0.447 e. The van der Waals surface area contributed by atoms with Crippen molar-refractivity contribution in [3.05, 3.63) is 0 Å². The Labute approximate surface area is 104 Å². The van der Waals surface area contributed by atoms with E-state index in [9.17, 15) is 9.36 Å². The van der Waals surface area contributed by atoms with Gasteiger partial charge in [-0.15, -0.1) is 0 Å². The van der Waals surface area contributed by atoms with Crippen LogP contribution in [0.3, 0.4) is 0 Å². The zero-order chi connectivity index (χ0) is 13.3. The van der Waals surface area contributed by atoms with Gasteiger partial charge in [0.1, 0.15) is 6.07 Å². The minimum Gasteiger partial charge on any atom is -0.447 e. The molecule has 0 rings (SSSR count). The van der Waals surface area contributed by atoms with E-state index in [4.69, 9.17) is 10.00 Å². The average Bonchev–Trinajstić information content (AvgIpc) is 2.24. The Balaban J connectivity index is 4.02. The Hall–Kier alpha value is -0.810. The highest BCUT2D eigenvalue weighted by Gasteiger charge is 2.19. The molecule has 2 atom stereocenters. The lowest BCUT2D eigenvalue weighted by Crippen LogP contribution is -2.16. The normalized spacial score (nSPS) is 15.6. The van der Waals surface area contributed by atoms with Crippen molar-refractivity contribution in [3.63, 3.8) is 0 Å². The molecule has 0 heterocycles. The molecule has 0 aliphatic heterocycles. The molecule has 17 heavy (non-hydrogen) atoms. The van der Waals surface area contributed by atoms with E-state index < -0.39 is 19.2 Å². The van der Waals surface area contributed by atoms with Crippen LogP contribution in [0.15, 0.2) is 0 Å². The highest BCUT2D eigenvalue weighted by atomic mass is 31.2. The summed E-state index contributed by atoms with van der Waals surface area (Å²) in [6.45, 7) is 5.15. The SMILES string of the molecule is CCCCCP(C)(=O)CCC(C#N)OC(C)=O. The van der Waals surface area contributed by atoms with Gasteiger partial charge in [0.15, 0.2) is 6.10 Å². The van der Waals surface area contributed by atoms with E-state index >= 15 is 0 Å². The number of carbonyl (C=O) groups excluding carboxylic acids is 1. The second kappa shape index (κ2) is 8.31. The summed E-state index contributed by atoms with van der Waals surface area (Å²) in [5, 5.41) is 8.77. The number of esters is 1. The van der Waals surface area contributed by atoms with Gasteiger partial charge in [-0.2, -0.15) is 5.26 Å². The molecule has 5 heteroatoms. The number of carbonyl (C=O) groups is 1. The van der Waals surface area contributed by atoms with Crippen LogP contribution in [0.1, 0.15) is 39.5 Å². The Morgan fingerprint density at radius 3 is 2.53 bits per heavy atom. The number of hydrogen-bond donors (Lipinski definition) is 0. The quantitative estimate of drug-likeness (QED) is 0.382. The third kappa shape index (κ3) is 8.94. The predicted molar refractivity (Wildman–Crippen MR) is 68.6 cm³/mol. The Morgan fingerprint density at radius 1 is 1.41 bits per heavy atom. The Kier molecular flexibility index (Phi) is 7.91. The first-order chi connectivity index (χ1) is 7.91. The zero-order valence-corrected chi connectivity index (χ0v) is 11.8. The molecule has 0 saturated carbocycles. The monoisotopic (exact) mass is 259 g/mol. The summed E-state index contributed by atoms with van der Waals surface area (Å²) in [5.41, 5.74) is 0. The maximum Gasteiger partial charge on any atom is 0.303 e. The molecule has 0 aromatic heterocycles. The first-order valence-corrected chi connectivity index (χ1v) is 8.56. The van der Waals surface area contributed by atoms with Crippen LogP contribution in [0.2, 0.25) is 0 Å². The minimum absolute atomic E-state index is 0.371. The van der Waals surface area contributed by atoms with Crippen molar-refractivity contribution in [1.82, 2.24) is 0 Å². The fourth-order valence-electron chi connectivity index (χ4n) is 1.55. The van der Waals surface area contributed by atoms with Gasteiger partial charge in [-0.1, -0.05) is 19.8 Å². The predicted octanol–water partition coefficient (Wildman–Crippen LogP) is 3.01. The van der Waals surface area contributed by atoms with Gasteiger partial charge in [-0.05, 0) is 13.1 Å². The summed E-state index contributed by atoms with van der Waals surface area (Å²) in [7, 11) is -2.18. The van der Waals surface area contributed by atoms with Crippen LogP contribution >= 0.6 is 7.14 Å². The van der Waals surface area contributed by atoms with Gasteiger partial charge in [0.25, 0.3) is 0 Å². The van der Waals surface area contributed by atoms with E-state index in [1.807, 2.05) is 6.07 Å². The Morgan fingerprint density at radius 2 is 2.06 bits per heavy atom. The fourth-order valence-corrected chi connectivity index (χ4v) is 3.45. The van der Waals surface area contributed by atoms with Crippen molar-refractivity contribution in [1.29, 1.82) is 5.26 Å². The Bertz CT molecular complexity index is 322. The van der Waals surface area contributed by atoms with Gasteiger partial charge < -0.3 is 9.30 Å². The molecule has 0 aromatic rings.